The third kappa shape index (κ3) is 1.60. The molecule has 1 aliphatic rings. The maximum absolute atomic E-state index is 5.77. The van der Waals surface area contributed by atoms with E-state index in [4.69, 9.17) is 5.73 Å². The lowest BCUT2D eigenvalue weighted by molar-refractivity contribution is 0.340. The van der Waals surface area contributed by atoms with Crippen LogP contribution in [0.4, 0.5) is 0 Å². The number of nitrogens with one attached hydrogen (secondary N) is 1. The van der Waals surface area contributed by atoms with Crippen molar-refractivity contribution in [3.63, 3.8) is 0 Å². The average Bonchev–Trinajstić information content (AvgIpc) is 2.83. The molecule has 3 nitrogen and oxygen atoms in total. The van der Waals surface area contributed by atoms with Crippen LogP contribution in [-0.2, 0) is 0 Å². The van der Waals surface area contributed by atoms with Crippen LogP contribution >= 0.6 is 11.3 Å². The lowest BCUT2D eigenvalue weighted by Crippen LogP contribution is -2.35. The third-order valence-corrected chi connectivity index (χ3v) is 3.85. The van der Waals surface area contributed by atoms with Gasteiger partial charge < -0.3 is 10.7 Å². The highest BCUT2D eigenvalue weighted by atomic mass is 32.1. The second-order valence-corrected chi connectivity index (χ2v) is 5.04. The molecule has 78 valence electrons. The van der Waals surface area contributed by atoms with Crippen molar-refractivity contribution in [2.24, 2.45) is 5.73 Å². The van der Waals surface area contributed by atoms with Crippen LogP contribution < -0.4 is 5.73 Å². The monoisotopic (exact) mass is 219 g/mol. The van der Waals surface area contributed by atoms with Gasteiger partial charge in [0.1, 0.15) is 5.82 Å². The van der Waals surface area contributed by atoms with Crippen LogP contribution in [0.2, 0.25) is 0 Å². The first-order valence-electron chi connectivity index (χ1n) is 5.17. The summed E-state index contributed by atoms with van der Waals surface area (Å²) in [5, 5.41) is 2.08. The summed E-state index contributed by atoms with van der Waals surface area (Å²) in [6, 6.07) is 4.54. The van der Waals surface area contributed by atoms with Gasteiger partial charge in [-0.1, -0.05) is 6.07 Å². The quantitative estimate of drug-likeness (QED) is 0.814. The zero-order chi connectivity index (χ0) is 10.3. The Hall–Kier alpha value is -1.13. The Balaban J connectivity index is 1.82. The lowest BCUT2D eigenvalue weighted by atomic mass is 9.80. The van der Waals surface area contributed by atoms with Crippen molar-refractivity contribution in [3.8, 4) is 10.6 Å². The predicted molar refractivity (Wildman–Crippen MR) is 61.9 cm³/mol. The molecule has 2 aromatic rings. The molecule has 0 aromatic carbocycles. The number of nitrogens with zero attached hydrogens (tertiary/aromatic N) is 1. The minimum atomic E-state index is 0.380. The molecule has 1 saturated carbocycles. The standard InChI is InChI=1S/C11H13N3S/c12-8-4-7(5-8)11-13-6-9(14-11)10-2-1-3-15-10/h1-3,6-8H,4-5,12H2,(H,13,14). The Morgan fingerprint density at radius 2 is 2.33 bits per heavy atom. The highest BCUT2D eigenvalue weighted by Gasteiger charge is 2.29. The van der Waals surface area contributed by atoms with E-state index in [1.165, 1.54) is 4.88 Å². The molecule has 0 atom stereocenters. The number of nitrogens with two attached hydrogens (primary N) is 1. The molecule has 1 fully saturated rings. The predicted octanol–water partition coefficient (Wildman–Crippen LogP) is 2.34. The van der Waals surface area contributed by atoms with Crippen LogP contribution in [-0.4, -0.2) is 16.0 Å². The normalized spacial score (nSPS) is 25.1. The second-order valence-electron chi connectivity index (χ2n) is 4.09. The lowest BCUT2D eigenvalue weighted by Gasteiger charge is -2.30. The molecular weight excluding hydrogens is 206 g/mol. The average molecular weight is 219 g/mol. The largest absolute Gasteiger partial charge is 0.341 e. The van der Waals surface area contributed by atoms with Crippen molar-refractivity contribution in [1.29, 1.82) is 0 Å². The number of H-pyrrole nitrogens is 1. The number of aromatic amines is 1. The summed E-state index contributed by atoms with van der Waals surface area (Å²) in [7, 11) is 0. The molecule has 0 bridgehead atoms. The molecule has 0 unspecified atom stereocenters. The van der Waals surface area contributed by atoms with Crippen LogP contribution in [0.15, 0.2) is 23.7 Å². The fourth-order valence-corrected chi connectivity index (χ4v) is 2.68. The van der Waals surface area contributed by atoms with Gasteiger partial charge in [0.15, 0.2) is 0 Å². The van der Waals surface area contributed by atoms with E-state index in [-0.39, 0.29) is 0 Å². The number of hydrogen-bond acceptors (Lipinski definition) is 3. The van der Waals surface area contributed by atoms with Crippen LogP contribution in [0.25, 0.3) is 10.6 Å². The number of aromatic nitrogens is 2. The summed E-state index contributed by atoms with van der Waals surface area (Å²) in [5.41, 5.74) is 6.89. The van der Waals surface area contributed by atoms with Crippen LogP contribution in [0.5, 0.6) is 0 Å². The molecule has 0 spiro atoms. The van der Waals surface area contributed by atoms with Gasteiger partial charge in [-0.05, 0) is 24.3 Å². The smallest absolute Gasteiger partial charge is 0.109 e. The molecule has 3 N–H and O–H groups in total. The summed E-state index contributed by atoms with van der Waals surface area (Å²) in [6.45, 7) is 0. The first-order valence-corrected chi connectivity index (χ1v) is 6.05. The fraction of sp³-hybridized carbons (Fsp3) is 0.364. The van der Waals surface area contributed by atoms with Gasteiger partial charge in [0, 0.05) is 12.0 Å². The van der Waals surface area contributed by atoms with E-state index >= 15 is 0 Å². The van der Waals surface area contributed by atoms with E-state index in [1.54, 1.807) is 11.3 Å². The molecule has 3 rings (SSSR count). The number of imidazole rings is 1. The molecule has 15 heavy (non-hydrogen) atoms. The summed E-state index contributed by atoms with van der Waals surface area (Å²) < 4.78 is 0. The maximum atomic E-state index is 5.77. The van der Waals surface area contributed by atoms with Crippen LogP contribution in [0.3, 0.4) is 0 Å². The first kappa shape index (κ1) is 9.12. The van der Waals surface area contributed by atoms with Crippen molar-refractivity contribution < 1.29 is 0 Å². The molecule has 1 aliphatic carbocycles. The van der Waals surface area contributed by atoms with Gasteiger partial charge >= 0.3 is 0 Å². The van der Waals surface area contributed by atoms with E-state index < -0.39 is 0 Å². The molecular formula is C11H13N3S. The number of thiophene rings is 1. The van der Waals surface area contributed by atoms with Gasteiger partial charge in [-0.25, -0.2) is 4.98 Å². The van der Waals surface area contributed by atoms with Crippen molar-refractivity contribution in [3.05, 3.63) is 29.5 Å². The van der Waals surface area contributed by atoms with Gasteiger partial charge in [0.2, 0.25) is 0 Å². The zero-order valence-corrected chi connectivity index (χ0v) is 9.13. The van der Waals surface area contributed by atoms with Crippen LogP contribution in [0.1, 0.15) is 24.6 Å². The Morgan fingerprint density at radius 3 is 3.00 bits per heavy atom. The van der Waals surface area contributed by atoms with E-state index in [1.807, 2.05) is 6.20 Å². The molecule has 2 heterocycles. The van der Waals surface area contributed by atoms with E-state index in [0.717, 1.165) is 24.4 Å². The molecule has 0 radical (unpaired) electrons. The third-order valence-electron chi connectivity index (χ3n) is 2.94. The second kappa shape index (κ2) is 3.47. The molecule has 0 amide bonds. The minimum absolute atomic E-state index is 0.380. The summed E-state index contributed by atoms with van der Waals surface area (Å²) in [5.74, 6) is 1.65. The van der Waals surface area contributed by atoms with Gasteiger partial charge in [-0.2, -0.15) is 0 Å². The van der Waals surface area contributed by atoms with Gasteiger partial charge in [-0.15, -0.1) is 11.3 Å². The topological polar surface area (TPSA) is 54.7 Å². The Morgan fingerprint density at radius 1 is 1.47 bits per heavy atom. The zero-order valence-electron chi connectivity index (χ0n) is 8.31. The van der Waals surface area contributed by atoms with Crippen molar-refractivity contribution >= 4 is 11.3 Å². The van der Waals surface area contributed by atoms with E-state index in [9.17, 15) is 0 Å². The molecule has 4 heteroatoms. The molecule has 0 aliphatic heterocycles. The van der Waals surface area contributed by atoms with Crippen LogP contribution in [0, 0.1) is 0 Å². The Bertz CT molecular complexity index is 440. The molecule has 0 saturated heterocycles. The van der Waals surface area contributed by atoms with E-state index in [2.05, 4.69) is 27.5 Å². The fourth-order valence-electron chi connectivity index (χ4n) is 1.99. The SMILES string of the molecule is NC1CC(c2ncc(-c3cccs3)[nH]2)C1. The molecule has 2 aromatic heterocycles. The number of hydrogen-bond donors (Lipinski definition) is 2. The first-order chi connectivity index (χ1) is 7.33. The highest BCUT2D eigenvalue weighted by molar-refractivity contribution is 7.13. The Kier molecular flexibility index (Phi) is 2.11. The van der Waals surface area contributed by atoms with Crippen molar-refractivity contribution in [2.45, 2.75) is 24.8 Å². The summed E-state index contributed by atoms with van der Waals surface area (Å²) in [6.07, 6.45) is 4.06. The Labute approximate surface area is 92.4 Å². The van der Waals surface area contributed by atoms with Crippen molar-refractivity contribution in [2.75, 3.05) is 0 Å². The minimum Gasteiger partial charge on any atom is -0.341 e. The van der Waals surface area contributed by atoms with Gasteiger partial charge in [0.05, 0.1) is 16.8 Å². The summed E-state index contributed by atoms with van der Waals surface area (Å²) >= 11 is 1.73. The highest BCUT2D eigenvalue weighted by Crippen LogP contribution is 2.35. The van der Waals surface area contributed by atoms with Gasteiger partial charge in [-0.3, -0.25) is 0 Å². The van der Waals surface area contributed by atoms with E-state index in [0.29, 0.717) is 12.0 Å². The number of rotatable bonds is 2. The summed E-state index contributed by atoms with van der Waals surface area (Å²) in [4.78, 5) is 9.05. The maximum Gasteiger partial charge on any atom is 0.109 e. The van der Waals surface area contributed by atoms with Crippen molar-refractivity contribution in [1.82, 2.24) is 9.97 Å². The van der Waals surface area contributed by atoms with Gasteiger partial charge in [0.25, 0.3) is 0 Å².